The van der Waals surface area contributed by atoms with Gasteiger partial charge in [0.1, 0.15) is 0 Å². The van der Waals surface area contributed by atoms with Crippen molar-refractivity contribution < 1.29 is 13.2 Å². The van der Waals surface area contributed by atoms with E-state index in [1.807, 2.05) is 35.0 Å². The molecule has 1 aliphatic heterocycles. The highest BCUT2D eigenvalue weighted by atomic mass is 32.2. The summed E-state index contributed by atoms with van der Waals surface area (Å²) in [4.78, 5) is 16.8. The summed E-state index contributed by atoms with van der Waals surface area (Å²) in [6, 6.07) is 14.0. The summed E-state index contributed by atoms with van der Waals surface area (Å²) in [5.74, 6) is -0.301. The molecule has 1 N–H and O–H groups in total. The highest BCUT2D eigenvalue weighted by molar-refractivity contribution is 7.89. The van der Waals surface area contributed by atoms with Crippen LogP contribution >= 0.6 is 0 Å². The Morgan fingerprint density at radius 2 is 1.80 bits per heavy atom. The maximum absolute atomic E-state index is 12.9. The standard InChI is InChI=1S/C22H24N4O3S/c27-22(24-16-18-7-9-20(10-8-18)25-14-11-23-17-25)19-5-4-6-21(15-19)30(28,29)26-12-2-1-3-13-26/h4-11,14-15,17H,1-3,12-13,16H2,(H,24,27). The van der Waals surface area contributed by atoms with Gasteiger partial charge in [-0.2, -0.15) is 4.31 Å². The fourth-order valence-corrected chi connectivity index (χ4v) is 5.10. The summed E-state index contributed by atoms with van der Waals surface area (Å²) in [6.07, 6.45) is 8.10. The van der Waals surface area contributed by atoms with E-state index < -0.39 is 10.0 Å². The van der Waals surface area contributed by atoms with Crippen LogP contribution in [0.25, 0.3) is 5.69 Å². The number of hydrogen-bond acceptors (Lipinski definition) is 4. The number of benzene rings is 2. The van der Waals surface area contributed by atoms with Crippen LogP contribution in [0.15, 0.2) is 72.1 Å². The molecule has 0 bridgehead atoms. The Morgan fingerprint density at radius 3 is 2.50 bits per heavy atom. The molecule has 4 rings (SSSR count). The number of sulfonamides is 1. The molecule has 0 radical (unpaired) electrons. The van der Waals surface area contributed by atoms with Crippen LogP contribution in [-0.4, -0.2) is 41.3 Å². The lowest BCUT2D eigenvalue weighted by Gasteiger charge is -2.26. The van der Waals surface area contributed by atoms with Gasteiger partial charge >= 0.3 is 0 Å². The second kappa shape index (κ2) is 8.81. The van der Waals surface area contributed by atoms with Crippen molar-refractivity contribution in [2.45, 2.75) is 30.7 Å². The van der Waals surface area contributed by atoms with Crippen molar-refractivity contribution in [3.8, 4) is 5.69 Å². The molecule has 1 amide bonds. The van der Waals surface area contributed by atoms with Crippen LogP contribution in [0.3, 0.4) is 0 Å². The minimum atomic E-state index is -3.57. The molecule has 0 aliphatic carbocycles. The number of carbonyl (C=O) groups is 1. The highest BCUT2D eigenvalue weighted by Gasteiger charge is 2.26. The van der Waals surface area contributed by atoms with Gasteiger partial charge in [0.2, 0.25) is 10.0 Å². The Bertz CT molecular complexity index is 1100. The highest BCUT2D eigenvalue weighted by Crippen LogP contribution is 2.21. The monoisotopic (exact) mass is 424 g/mol. The minimum absolute atomic E-state index is 0.168. The van der Waals surface area contributed by atoms with Crippen LogP contribution in [0.2, 0.25) is 0 Å². The van der Waals surface area contributed by atoms with Gasteiger partial charge in [-0.3, -0.25) is 4.79 Å². The Hall–Kier alpha value is -2.97. The zero-order valence-electron chi connectivity index (χ0n) is 16.6. The molecule has 1 fully saturated rings. The minimum Gasteiger partial charge on any atom is -0.348 e. The first-order chi connectivity index (χ1) is 14.5. The number of imidazole rings is 1. The SMILES string of the molecule is O=C(NCc1ccc(-n2ccnc2)cc1)c1cccc(S(=O)(=O)N2CCCCC2)c1. The average Bonchev–Trinajstić information content (AvgIpc) is 3.33. The lowest BCUT2D eigenvalue weighted by molar-refractivity contribution is 0.0950. The number of amides is 1. The van der Waals surface area contributed by atoms with Crippen LogP contribution in [0.1, 0.15) is 35.2 Å². The predicted octanol–water partition coefficient (Wildman–Crippen LogP) is 2.98. The molecule has 156 valence electrons. The Balaban J connectivity index is 1.42. The van der Waals surface area contributed by atoms with Crippen molar-refractivity contribution in [3.63, 3.8) is 0 Å². The first-order valence-corrected chi connectivity index (χ1v) is 11.4. The second-order valence-electron chi connectivity index (χ2n) is 7.31. The first kappa shape index (κ1) is 20.3. The smallest absolute Gasteiger partial charge is 0.251 e. The first-order valence-electron chi connectivity index (χ1n) is 10.00. The van der Waals surface area contributed by atoms with Gasteiger partial charge < -0.3 is 9.88 Å². The molecule has 0 atom stereocenters. The molecule has 8 heteroatoms. The van der Waals surface area contributed by atoms with Gasteiger partial charge in [-0.1, -0.05) is 24.6 Å². The van der Waals surface area contributed by atoms with E-state index in [2.05, 4.69) is 10.3 Å². The number of piperidine rings is 1. The van der Waals surface area contributed by atoms with Gasteiger partial charge in [0.05, 0.1) is 11.2 Å². The molecule has 0 saturated carbocycles. The summed E-state index contributed by atoms with van der Waals surface area (Å²) in [6.45, 7) is 1.42. The van der Waals surface area contributed by atoms with Crippen molar-refractivity contribution >= 4 is 15.9 Å². The number of aromatic nitrogens is 2. The Morgan fingerprint density at radius 1 is 1.03 bits per heavy atom. The van der Waals surface area contributed by atoms with Gasteiger partial charge in [0.25, 0.3) is 5.91 Å². The molecule has 7 nitrogen and oxygen atoms in total. The third-order valence-electron chi connectivity index (χ3n) is 5.24. The number of nitrogens with one attached hydrogen (secondary N) is 1. The Labute approximate surface area is 176 Å². The van der Waals surface area contributed by atoms with E-state index in [4.69, 9.17) is 0 Å². The second-order valence-corrected chi connectivity index (χ2v) is 9.25. The number of rotatable bonds is 6. The molecular formula is C22H24N4O3S. The fourth-order valence-electron chi connectivity index (χ4n) is 3.53. The van der Waals surface area contributed by atoms with Crippen molar-refractivity contribution in [3.05, 3.63) is 78.4 Å². The molecule has 30 heavy (non-hydrogen) atoms. The van der Waals surface area contributed by atoms with E-state index in [0.29, 0.717) is 25.2 Å². The topological polar surface area (TPSA) is 84.3 Å². The molecule has 0 spiro atoms. The van der Waals surface area contributed by atoms with Crippen molar-refractivity contribution in [1.82, 2.24) is 19.2 Å². The number of carbonyl (C=O) groups excluding carboxylic acids is 1. The van der Waals surface area contributed by atoms with Gasteiger partial charge in [0, 0.05) is 43.3 Å². The molecule has 2 heterocycles. The third kappa shape index (κ3) is 4.44. The number of nitrogens with zero attached hydrogens (tertiary/aromatic N) is 3. The van der Waals surface area contributed by atoms with Gasteiger partial charge in [-0.25, -0.2) is 13.4 Å². The van der Waals surface area contributed by atoms with Gasteiger partial charge in [-0.05, 0) is 48.7 Å². The lowest BCUT2D eigenvalue weighted by atomic mass is 10.2. The van der Waals surface area contributed by atoms with Crippen LogP contribution < -0.4 is 5.32 Å². The Kier molecular flexibility index (Phi) is 5.96. The van der Waals surface area contributed by atoms with E-state index in [1.54, 1.807) is 30.7 Å². The molecule has 3 aromatic rings. The molecule has 1 aliphatic rings. The maximum Gasteiger partial charge on any atom is 0.251 e. The van der Waals surface area contributed by atoms with Crippen LogP contribution in [0, 0.1) is 0 Å². The van der Waals surface area contributed by atoms with E-state index in [1.165, 1.54) is 10.4 Å². The zero-order valence-corrected chi connectivity index (χ0v) is 17.4. The van der Waals surface area contributed by atoms with Crippen molar-refractivity contribution in [2.24, 2.45) is 0 Å². The van der Waals surface area contributed by atoms with Crippen LogP contribution in [0.4, 0.5) is 0 Å². The predicted molar refractivity (Wildman–Crippen MR) is 114 cm³/mol. The average molecular weight is 425 g/mol. The molecule has 0 unspecified atom stereocenters. The summed E-state index contributed by atoms with van der Waals surface area (Å²) in [5.41, 5.74) is 2.27. The van der Waals surface area contributed by atoms with Crippen LogP contribution in [0.5, 0.6) is 0 Å². The molecular weight excluding hydrogens is 400 g/mol. The quantitative estimate of drug-likeness (QED) is 0.659. The third-order valence-corrected chi connectivity index (χ3v) is 7.14. The van der Waals surface area contributed by atoms with Crippen LogP contribution in [-0.2, 0) is 16.6 Å². The van der Waals surface area contributed by atoms with E-state index in [0.717, 1.165) is 30.5 Å². The van der Waals surface area contributed by atoms with Gasteiger partial charge in [0.15, 0.2) is 0 Å². The fraction of sp³-hybridized carbons (Fsp3) is 0.273. The maximum atomic E-state index is 12.9. The summed E-state index contributed by atoms with van der Waals surface area (Å²) in [7, 11) is -3.57. The van der Waals surface area contributed by atoms with E-state index in [9.17, 15) is 13.2 Å². The van der Waals surface area contributed by atoms with E-state index in [-0.39, 0.29) is 10.8 Å². The normalized spacial score (nSPS) is 15.1. The number of hydrogen-bond donors (Lipinski definition) is 1. The molecule has 2 aromatic carbocycles. The summed E-state index contributed by atoms with van der Waals surface area (Å²) < 4.78 is 29.1. The largest absolute Gasteiger partial charge is 0.348 e. The van der Waals surface area contributed by atoms with Crippen molar-refractivity contribution in [1.29, 1.82) is 0 Å². The summed E-state index contributed by atoms with van der Waals surface area (Å²) in [5, 5.41) is 2.86. The van der Waals surface area contributed by atoms with E-state index >= 15 is 0 Å². The molecule has 1 aromatic heterocycles. The lowest BCUT2D eigenvalue weighted by Crippen LogP contribution is -2.35. The van der Waals surface area contributed by atoms with Crippen molar-refractivity contribution in [2.75, 3.05) is 13.1 Å². The zero-order chi connectivity index (χ0) is 21.0. The molecule has 1 saturated heterocycles. The summed E-state index contributed by atoms with van der Waals surface area (Å²) >= 11 is 0. The van der Waals surface area contributed by atoms with Gasteiger partial charge in [-0.15, -0.1) is 0 Å².